The Morgan fingerprint density at radius 2 is 1.91 bits per heavy atom. The number of hydrogen-bond acceptors (Lipinski definition) is 2. The fourth-order valence-corrected chi connectivity index (χ4v) is 2.96. The Kier molecular flexibility index (Phi) is 4.27. The van der Waals surface area contributed by atoms with Crippen molar-refractivity contribution in [1.82, 2.24) is 9.38 Å². The van der Waals surface area contributed by atoms with Crippen molar-refractivity contribution < 1.29 is 0 Å². The largest absolute Gasteiger partial charge is 0.366 e. The number of hydrogen-bond donors (Lipinski definition) is 1. The van der Waals surface area contributed by atoms with E-state index < -0.39 is 0 Å². The van der Waals surface area contributed by atoms with E-state index in [0.29, 0.717) is 10.0 Å². The van der Waals surface area contributed by atoms with E-state index in [1.807, 2.05) is 28.8 Å². The monoisotopic (exact) mass is 333 g/mol. The molecule has 22 heavy (non-hydrogen) atoms. The molecule has 0 aliphatic carbocycles. The van der Waals surface area contributed by atoms with E-state index in [9.17, 15) is 0 Å². The normalized spacial score (nSPS) is 11.3. The van der Waals surface area contributed by atoms with Crippen LogP contribution in [0.5, 0.6) is 0 Å². The van der Waals surface area contributed by atoms with Gasteiger partial charge in [-0.25, -0.2) is 4.98 Å². The third-order valence-corrected chi connectivity index (χ3v) is 4.00. The summed E-state index contributed by atoms with van der Waals surface area (Å²) in [6.45, 7) is 4.95. The summed E-state index contributed by atoms with van der Waals surface area (Å²) >= 11 is 12.4. The van der Waals surface area contributed by atoms with Gasteiger partial charge in [-0.15, -0.1) is 0 Å². The molecule has 0 radical (unpaired) electrons. The molecule has 114 valence electrons. The summed E-state index contributed by atoms with van der Waals surface area (Å²) in [5.74, 6) is 1.23. The number of pyridine rings is 1. The van der Waals surface area contributed by atoms with Crippen LogP contribution < -0.4 is 5.32 Å². The highest BCUT2D eigenvalue weighted by Gasteiger charge is 2.17. The van der Waals surface area contributed by atoms with Crippen LogP contribution in [0.4, 0.5) is 5.82 Å². The van der Waals surface area contributed by atoms with Crippen molar-refractivity contribution in [1.29, 1.82) is 0 Å². The third-order valence-electron chi connectivity index (χ3n) is 3.52. The molecule has 5 heteroatoms. The molecule has 3 rings (SSSR count). The molecule has 0 amide bonds. The van der Waals surface area contributed by atoms with E-state index in [0.717, 1.165) is 23.7 Å². The topological polar surface area (TPSA) is 29.3 Å². The maximum atomic E-state index is 6.27. The number of benzene rings is 1. The number of rotatable bonds is 4. The Morgan fingerprint density at radius 3 is 2.59 bits per heavy atom. The number of aromatic nitrogens is 2. The Labute approximate surface area is 139 Å². The van der Waals surface area contributed by atoms with E-state index in [1.54, 1.807) is 6.07 Å². The summed E-state index contributed by atoms with van der Waals surface area (Å²) in [7, 11) is 0. The maximum absolute atomic E-state index is 6.27. The summed E-state index contributed by atoms with van der Waals surface area (Å²) in [6, 6.07) is 12.0. The first-order valence-corrected chi connectivity index (χ1v) is 7.96. The van der Waals surface area contributed by atoms with Crippen LogP contribution in [0, 0.1) is 0 Å². The second-order valence-corrected chi connectivity index (χ2v) is 6.38. The van der Waals surface area contributed by atoms with Gasteiger partial charge in [0.15, 0.2) is 5.65 Å². The van der Waals surface area contributed by atoms with Gasteiger partial charge in [0.05, 0.1) is 15.7 Å². The molecule has 1 N–H and O–H groups in total. The molecule has 2 heterocycles. The molecule has 0 bridgehead atoms. The van der Waals surface area contributed by atoms with Crippen molar-refractivity contribution in [2.75, 3.05) is 5.32 Å². The predicted octanol–water partition coefficient (Wildman–Crippen LogP) is 5.38. The minimum Gasteiger partial charge on any atom is -0.366 e. The molecule has 2 aromatic heterocycles. The quantitative estimate of drug-likeness (QED) is 0.694. The number of imidazole rings is 1. The van der Waals surface area contributed by atoms with Gasteiger partial charge in [0.25, 0.3) is 0 Å². The van der Waals surface area contributed by atoms with Gasteiger partial charge >= 0.3 is 0 Å². The lowest BCUT2D eigenvalue weighted by Crippen LogP contribution is -2.05. The number of nitrogens with zero attached hydrogens (tertiary/aromatic N) is 2. The van der Waals surface area contributed by atoms with Crippen LogP contribution in [-0.2, 0) is 6.54 Å². The highest BCUT2D eigenvalue weighted by Crippen LogP contribution is 2.31. The van der Waals surface area contributed by atoms with Gasteiger partial charge in [-0.05, 0) is 17.5 Å². The molecule has 0 unspecified atom stereocenters. The van der Waals surface area contributed by atoms with E-state index in [1.165, 1.54) is 5.56 Å². The molecule has 0 spiro atoms. The molecular formula is C17H17Cl2N3. The summed E-state index contributed by atoms with van der Waals surface area (Å²) in [4.78, 5) is 4.67. The average molecular weight is 334 g/mol. The van der Waals surface area contributed by atoms with Crippen molar-refractivity contribution in [2.24, 2.45) is 0 Å². The van der Waals surface area contributed by atoms with Crippen molar-refractivity contribution in [2.45, 2.75) is 26.3 Å². The van der Waals surface area contributed by atoms with E-state index in [4.69, 9.17) is 23.2 Å². The van der Waals surface area contributed by atoms with Crippen LogP contribution in [0.3, 0.4) is 0 Å². The number of anilines is 1. The summed E-state index contributed by atoms with van der Waals surface area (Å²) in [5, 5.41) is 4.62. The van der Waals surface area contributed by atoms with Gasteiger partial charge in [0.1, 0.15) is 5.82 Å². The molecule has 0 saturated carbocycles. The molecule has 0 aliphatic heterocycles. The van der Waals surface area contributed by atoms with Crippen LogP contribution in [0.2, 0.25) is 10.0 Å². The summed E-state index contributed by atoms with van der Waals surface area (Å²) in [6.07, 6.45) is 1.84. The van der Waals surface area contributed by atoms with Crippen molar-refractivity contribution in [3.63, 3.8) is 0 Å². The van der Waals surface area contributed by atoms with E-state index in [-0.39, 0.29) is 5.92 Å². The van der Waals surface area contributed by atoms with Crippen molar-refractivity contribution >= 4 is 34.7 Å². The molecule has 0 saturated heterocycles. The number of fused-ring (bicyclic) bond motifs is 1. The first-order valence-electron chi connectivity index (χ1n) is 7.21. The first kappa shape index (κ1) is 15.2. The minimum atomic E-state index is 0.285. The SMILES string of the molecule is CC(C)c1nc2c(Cl)cc(Cl)cn2c1NCc1ccccc1. The lowest BCUT2D eigenvalue weighted by molar-refractivity contribution is 0.833. The molecule has 1 aromatic carbocycles. The molecule has 0 aliphatic rings. The Balaban J connectivity index is 2.04. The lowest BCUT2D eigenvalue weighted by atomic mass is 10.1. The molecule has 0 fully saturated rings. The zero-order valence-electron chi connectivity index (χ0n) is 12.5. The second-order valence-electron chi connectivity index (χ2n) is 5.54. The predicted molar refractivity (Wildman–Crippen MR) is 93.1 cm³/mol. The average Bonchev–Trinajstić information content (AvgIpc) is 2.85. The minimum absolute atomic E-state index is 0.285. The Morgan fingerprint density at radius 1 is 1.18 bits per heavy atom. The van der Waals surface area contributed by atoms with Gasteiger partial charge in [0.2, 0.25) is 0 Å². The molecule has 0 atom stereocenters. The number of halogens is 2. The smallest absolute Gasteiger partial charge is 0.157 e. The zero-order valence-corrected chi connectivity index (χ0v) is 14.0. The first-order chi connectivity index (χ1) is 10.6. The van der Waals surface area contributed by atoms with Gasteiger partial charge in [0, 0.05) is 12.7 Å². The third kappa shape index (κ3) is 2.92. The van der Waals surface area contributed by atoms with Gasteiger partial charge in [-0.2, -0.15) is 0 Å². The van der Waals surface area contributed by atoms with Crippen LogP contribution in [0.25, 0.3) is 5.65 Å². The van der Waals surface area contributed by atoms with Gasteiger partial charge in [-0.1, -0.05) is 67.4 Å². The summed E-state index contributed by atoms with van der Waals surface area (Å²) < 4.78 is 1.93. The van der Waals surface area contributed by atoms with Gasteiger partial charge < -0.3 is 5.32 Å². The van der Waals surface area contributed by atoms with Crippen molar-refractivity contribution in [3.05, 3.63) is 63.9 Å². The Bertz CT molecular complexity index is 795. The van der Waals surface area contributed by atoms with Crippen LogP contribution in [0.1, 0.15) is 31.0 Å². The fourth-order valence-electron chi connectivity index (χ4n) is 2.45. The molecular weight excluding hydrogens is 317 g/mol. The van der Waals surface area contributed by atoms with Crippen molar-refractivity contribution in [3.8, 4) is 0 Å². The second kappa shape index (κ2) is 6.19. The molecule has 3 aromatic rings. The van der Waals surface area contributed by atoms with Crippen LogP contribution in [-0.4, -0.2) is 9.38 Å². The van der Waals surface area contributed by atoms with E-state index >= 15 is 0 Å². The van der Waals surface area contributed by atoms with Gasteiger partial charge in [-0.3, -0.25) is 4.40 Å². The van der Waals surface area contributed by atoms with E-state index in [2.05, 4.69) is 36.3 Å². The number of nitrogens with one attached hydrogen (secondary N) is 1. The fraction of sp³-hybridized carbons (Fsp3) is 0.235. The summed E-state index contributed by atoms with van der Waals surface area (Å²) in [5.41, 5.74) is 2.92. The van der Waals surface area contributed by atoms with Crippen LogP contribution in [0.15, 0.2) is 42.6 Å². The molecule has 3 nitrogen and oxygen atoms in total. The lowest BCUT2D eigenvalue weighted by Gasteiger charge is -2.11. The van der Waals surface area contributed by atoms with Crippen LogP contribution >= 0.6 is 23.2 Å². The zero-order chi connectivity index (χ0) is 15.7. The maximum Gasteiger partial charge on any atom is 0.157 e. The standard InChI is InChI=1S/C17H17Cl2N3/c1-11(2)15-17(20-9-12-6-4-3-5-7-12)22-10-13(18)8-14(19)16(22)21-15/h3-8,10-11,20H,9H2,1-2H3. The Hall–Kier alpha value is -1.71. The highest BCUT2D eigenvalue weighted by molar-refractivity contribution is 6.36. The highest BCUT2D eigenvalue weighted by atomic mass is 35.5.